The van der Waals surface area contributed by atoms with Crippen LogP contribution >= 0.6 is 0 Å². The first kappa shape index (κ1) is 14.4. The van der Waals surface area contributed by atoms with Gasteiger partial charge in [-0.05, 0) is 36.2 Å². The third-order valence-electron chi connectivity index (χ3n) is 3.16. The van der Waals surface area contributed by atoms with Gasteiger partial charge in [-0.1, -0.05) is 24.3 Å². The summed E-state index contributed by atoms with van der Waals surface area (Å²) in [5.74, 6) is 0. The number of benzene rings is 2. The zero-order valence-electron chi connectivity index (χ0n) is 11.6. The molecule has 0 bridgehead atoms. The third kappa shape index (κ3) is 3.30. The summed E-state index contributed by atoms with van der Waals surface area (Å²) in [6, 6.07) is 12.7. The molecular formula is C15H18N2O2S. The van der Waals surface area contributed by atoms with Crippen LogP contribution in [0.3, 0.4) is 0 Å². The minimum absolute atomic E-state index is 0.312. The predicted octanol–water partition coefficient (Wildman–Crippen LogP) is 2.59. The lowest BCUT2D eigenvalue weighted by Crippen LogP contribution is -2.05. The van der Waals surface area contributed by atoms with Gasteiger partial charge >= 0.3 is 0 Å². The van der Waals surface area contributed by atoms with Gasteiger partial charge in [-0.3, -0.25) is 0 Å². The fourth-order valence-electron chi connectivity index (χ4n) is 1.91. The van der Waals surface area contributed by atoms with E-state index in [0.717, 1.165) is 22.5 Å². The molecular weight excluding hydrogens is 272 g/mol. The Hall–Kier alpha value is -2.01. The number of hydrogen-bond donors (Lipinski definition) is 2. The van der Waals surface area contributed by atoms with Gasteiger partial charge in [-0.2, -0.15) is 0 Å². The second kappa shape index (κ2) is 5.54. The molecule has 4 nitrogen and oxygen atoms in total. The Morgan fingerprint density at radius 2 is 1.85 bits per heavy atom. The van der Waals surface area contributed by atoms with E-state index in [1.54, 1.807) is 18.2 Å². The first-order valence-corrected chi connectivity index (χ1v) is 8.15. The number of nitrogen functional groups attached to an aromatic ring is 1. The third-order valence-corrected chi connectivity index (χ3v) is 4.27. The summed E-state index contributed by atoms with van der Waals surface area (Å²) >= 11 is 0. The average molecular weight is 290 g/mol. The fourth-order valence-corrected chi connectivity index (χ4v) is 2.56. The van der Waals surface area contributed by atoms with Gasteiger partial charge in [0.15, 0.2) is 9.84 Å². The number of hydrogen-bond acceptors (Lipinski definition) is 4. The molecule has 2 aromatic carbocycles. The van der Waals surface area contributed by atoms with Crippen molar-refractivity contribution in [1.29, 1.82) is 0 Å². The summed E-state index contributed by atoms with van der Waals surface area (Å²) in [5, 5.41) is 3.24. The van der Waals surface area contributed by atoms with E-state index >= 15 is 0 Å². The Morgan fingerprint density at radius 3 is 2.50 bits per heavy atom. The topological polar surface area (TPSA) is 72.2 Å². The quantitative estimate of drug-likeness (QED) is 0.849. The number of sulfone groups is 1. The van der Waals surface area contributed by atoms with E-state index in [-0.39, 0.29) is 0 Å². The molecule has 0 aliphatic rings. The van der Waals surface area contributed by atoms with Gasteiger partial charge in [0, 0.05) is 24.2 Å². The van der Waals surface area contributed by atoms with Gasteiger partial charge in [0.2, 0.25) is 0 Å². The second-order valence-electron chi connectivity index (χ2n) is 4.80. The molecule has 0 atom stereocenters. The van der Waals surface area contributed by atoms with E-state index in [9.17, 15) is 8.42 Å². The van der Waals surface area contributed by atoms with E-state index in [0.29, 0.717) is 11.4 Å². The fraction of sp³-hybridized carbons (Fsp3) is 0.200. The van der Waals surface area contributed by atoms with Gasteiger partial charge in [-0.15, -0.1) is 0 Å². The normalized spacial score (nSPS) is 11.3. The van der Waals surface area contributed by atoms with Gasteiger partial charge < -0.3 is 11.1 Å². The van der Waals surface area contributed by atoms with E-state index < -0.39 is 9.84 Å². The van der Waals surface area contributed by atoms with Crippen LogP contribution in [0.25, 0.3) is 0 Å². The Labute approximate surface area is 119 Å². The van der Waals surface area contributed by atoms with E-state index in [2.05, 4.69) is 5.32 Å². The second-order valence-corrected chi connectivity index (χ2v) is 6.82. The highest BCUT2D eigenvalue weighted by atomic mass is 32.2. The van der Waals surface area contributed by atoms with Crippen LogP contribution in [-0.2, 0) is 16.4 Å². The van der Waals surface area contributed by atoms with Crippen molar-refractivity contribution in [1.82, 2.24) is 0 Å². The molecule has 2 rings (SSSR count). The van der Waals surface area contributed by atoms with Gasteiger partial charge in [0.1, 0.15) is 0 Å². The Balaban J connectivity index is 2.24. The summed E-state index contributed by atoms with van der Waals surface area (Å²) in [7, 11) is -3.20. The lowest BCUT2D eigenvalue weighted by molar-refractivity contribution is 0.602. The number of rotatable bonds is 4. The first-order valence-electron chi connectivity index (χ1n) is 6.26. The summed E-state index contributed by atoms with van der Waals surface area (Å²) in [4.78, 5) is 0.312. The number of nitrogens with one attached hydrogen (secondary N) is 1. The monoisotopic (exact) mass is 290 g/mol. The summed E-state index contributed by atoms with van der Waals surface area (Å²) < 4.78 is 23.2. The minimum atomic E-state index is -3.20. The van der Waals surface area contributed by atoms with Crippen LogP contribution < -0.4 is 11.1 Å². The zero-order valence-corrected chi connectivity index (χ0v) is 12.4. The van der Waals surface area contributed by atoms with Crippen LogP contribution in [0.15, 0.2) is 47.4 Å². The predicted molar refractivity (Wildman–Crippen MR) is 82.5 cm³/mol. The van der Waals surface area contributed by atoms with Gasteiger partial charge in [0.05, 0.1) is 4.90 Å². The number of para-hydroxylation sites is 1. The van der Waals surface area contributed by atoms with Crippen LogP contribution in [0.2, 0.25) is 0 Å². The van der Waals surface area contributed by atoms with Crippen LogP contribution in [-0.4, -0.2) is 14.7 Å². The van der Waals surface area contributed by atoms with Crippen molar-refractivity contribution in [3.8, 4) is 0 Å². The van der Waals surface area contributed by atoms with Crippen molar-refractivity contribution in [2.45, 2.75) is 18.4 Å². The first-order chi connectivity index (χ1) is 9.38. The number of anilines is 2. The van der Waals surface area contributed by atoms with Crippen LogP contribution in [0, 0.1) is 6.92 Å². The molecule has 0 amide bonds. The van der Waals surface area contributed by atoms with E-state index in [4.69, 9.17) is 5.73 Å². The smallest absolute Gasteiger partial charge is 0.175 e. The molecule has 5 heteroatoms. The molecule has 20 heavy (non-hydrogen) atoms. The lowest BCUT2D eigenvalue weighted by Gasteiger charge is -2.12. The van der Waals surface area contributed by atoms with Crippen LogP contribution in [0.5, 0.6) is 0 Å². The van der Waals surface area contributed by atoms with Crippen molar-refractivity contribution in [3.05, 3.63) is 53.6 Å². The minimum Gasteiger partial charge on any atom is -0.398 e. The van der Waals surface area contributed by atoms with Crippen molar-refractivity contribution in [2.24, 2.45) is 0 Å². The Morgan fingerprint density at radius 1 is 1.15 bits per heavy atom. The summed E-state index contributed by atoms with van der Waals surface area (Å²) in [6.45, 7) is 2.49. The summed E-state index contributed by atoms with van der Waals surface area (Å²) in [6.07, 6.45) is 1.20. The molecule has 0 spiro atoms. The van der Waals surface area contributed by atoms with E-state index in [1.807, 2.05) is 31.2 Å². The maximum absolute atomic E-state index is 11.6. The number of aryl methyl sites for hydroxylation is 1. The maximum Gasteiger partial charge on any atom is 0.175 e. The summed E-state index contributed by atoms with van der Waals surface area (Å²) in [5.41, 5.74) is 9.38. The maximum atomic E-state index is 11.6. The number of nitrogens with two attached hydrogens (primary N) is 1. The molecule has 0 heterocycles. The van der Waals surface area contributed by atoms with Crippen LogP contribution in [0.4, 0.5) is 11.4 Å². The SMILES string of the molecule is Cc1ccc(S(C)(=O)=O)cc1NCc1ccccc1N. The standard InChI is InChI=1S/C15H18N2O2S/c1-11-7-8-13(20(2,18)19)9-15(11)17-10-12-5-3-4-6-14(12)16/h3-9,17H,10,16H2,1-2H3. The highest BCUT2D eigenvalue weighted by molar-refractivity contribution is 7.90. The molecule has 0 saturated carbocycles. The lowest BCUT2D eigenvalue weighted by atomic mass is 10.1. The van der Waals surface area contributed by atoms with Crippen molar-refractivity contribution in [2.75, 3.05) is 17.3 Å². The van der Waals surface area contributed by atoms with Gasteiger partial charge in [0.25, 0.3) is 0 Å². The average Bonchev–Trinajstić information content (AvgIpc) is 2.38. The van der Waals surface area contributed by atoms with Crippen molar-refractivity contribution >= 4 is 21.2 Å². The van der Waals surface area contributed by atoms with Crippen molar-refractivity contribution in [3.63, 3.8) is 0 Å². The molecule has 3 N–H and O–H groups in total. The largest absolute Gasteiger partial charge is 0.398 e. The molecule has 0 unspecified atom stereocenters. The Kier molecular flexibility index (Phi) is 3.99. The molecule has 0 radical (unpaired) electrons. The molecule has 2 aromatic rings. The zero-order chi connectivity index (χ0) is 14.8. The van der Waals surface area contributed by atoms with E-state index in [1.165, 1.54) is 6.26 Å². The van der Waals surface area contributed by atoms with Crippen molar-refractivity contribution < 1.29 is 8.42 Å². The Bertz CT molecular complexity index is 724. The molecule has 0 saturated heterocycles. The molecule has 106 valence electrons. The highest BCUT2D eigenvalue weighted by Gasteiger charge is 2.09. The highest BCUT2D eigenvalue weighted by Crippen LogP contribution is 2.21. The molecule has 0 aromatic heterocycles. The van der Waals surface area contributed by atoms with Crippen LogP contribution in [0.1, 0.15) is 11.1 Å². The van der Waals surface area contributed by atoms with Gasteiger partial charge in [-0.25, -0.2) is 8.42 Å². The molecule has 0 aliphatic carbocycles. The molecule has 0 fully saturated rings. The molecule has 0 aliphatic heterocycles.